The van der Waals surface area contributed by atoms with Crippen molar-refractivity contribution < 1.29 is 48.4 Å². The van der Waals surface area contributed by atoms with Crippen molar-refractivity contribution in [1.82, 2.24) is 0 Å². The molecule has 0 atom stereocenters. The summed E-state index contributed by atoms with van der Waals surface area (Å²) < 4.78 is 24.9. The van der Waals surface area contributed by atoms with Crippen molar-refractivity contribution in [2.24, 2.45) is 5.14 Å². The Morgan fingerprint density at radius 1 is 1.00 bits per heavy atom. The van der Waals surface area contributed by atoms with Gasteiger partial charge >= 0.3 is 45.8 Å². The van der Waals surface area contributed by atoms with Crippen molar-refractivity contribution in [2.45, 2.75) is 71.1 Å². The number of carbonyl (C=O) groups excluding carboxylic acids is 1. The average molecular weight is 303 g/mol. The molecule has 0 radical (unpaired) electrons. The maximum absolute atomic E-state index is 11.0. The van der Waals surface area contributed by atoms with Crippen LogP contribution in [0.2, 0.25) is 0 Å². The Kier molecular flexibility index (Phi) is 15.2. The number of unbranched alkanes of at least 4 members (excludes halogenated alkanes) is 8. The third-order valence-electron chi connectivity index (χ3n) is 2.69. The van der Waals surface area contributed by atoms with E-state index in [2.05, 4.69) is 16.2 Å². The quantitative estimate of drug-likeness (QED) is 0.422. The second-order valence-electron chi connectivity index (χ2n) is 4.53. The molecule has 0 heterocycles. The first kappa shape index (κ1) is 21.7. The summed E-state index contributed by atoms with van der Waals surface area (Å²) in [5.74, 6) is -0.763. The van der Waals surface area contributed by atoms with Gasteiger partial charge in [-0.05, 0) is 6.42 Å². The van der Waals surface area contributed by atoms with E-state index in [1.807, 2.05) is 0 Å². The predicted molar refractivity (Wildman–Crippen MR) is 72.2 cm³/mol. The summed E-state index contributed by atoms with van der Waals surface area (Å²) in [6.07, 6.45) is 10.3. The van der Waals surface area contributed by atoms with E-state index in [1.165, 1.54) is 38.5 Å². The molecule has 0 saturated heterocycles. The minimum atomic E-state index is -4.13. The van der Waals surface area contributed by atoms with Crippen LogP contribution in [0.25, 0.3) is 0 Å². The molecule has 7 heteroatoms. The number of hydrogen-bond donors (Lipinski definition) is 1. The molecule has 0 amide bonds. The fraction of sp³-hybridized carbons (Fsp3) is 0.917. The maximum Gasteiger partial charge on any atom is 1.00 e. The monoisotopic (exact) mass is 303 g/mol. The summed E-state index contributed by atoms with van der Waals surface area (Å²) in [6.45, 7) is 2.20. The summed E-state index contributed by atoms with van der Waals surface area (Å²) in [5, 5.41) is 4.58. The molecular formula is C12H26NNaO4S. The molecule has 0 fully saturated rings. The summed E-state index contributed by atoms with van der Waals surface area (Å²) in [5.41, 5.74) is 0. The second-order valence-corrected chi connectivity index (χ2v) is 5.68. The van der Waals surface area contributed by atoms with Gasteiger partial charge < -0.3 is 5.61 Å². The molecule has 2 N–H and O–H groups in total. The van der Waals surface area contributed by atoms with Gasteiger partial charge in [0.2, 0.25) is 0 Å². The van der Waals surface area contributed by atoms with Crippen LogP contribution in [0.1, 0.15) is 72.6 Å². The number of carbonyl (C=O) groups is 1. The summed E-state index contributed by atoms with van der Waals surface area (Å²) in [7, 11) is -4.13. The standard InChI is InChI=1S/C12H25NO4S.Na.H/c1-2-3-4-5-6-7-8-9-10-11-12(14)17-18(13,15)16;;/h2-11H2,1H3,(H2,13,15,16);;/q;+1;-1. The number of nitrogens with two attached hydrogens (primary N) is 1. The van der Waals surface area contributed by atoms with Gasteiger partial charge in [-0.2, -0.15) is 13.6 Å². The fourth-order valence-corrected chi connectivity index (χ4v) is 2.09. The first-order valence-corrected chi connectivity index (χ1v) is 8.18. The Hall–Kier alpha value is 0.380. The van der Waals surface area contributed by atoms with Gasteiger partial charge in [0.15, 0.2) is 0 Å². The van der Waals surface area contributed by atoms with Crippen LogP contribution in [0.15, 0.2) is 0 Å². The molecule has 0 saturated carbocycles. The topological polar surface area (TPSA) is 86.5 Å². The molecule has 0 bridgehead atoms. The summed E-state index contributed by atoms with van der Waals surface area (Å²) in [6, 6.07) is 0. The zero-order chi connectivity index (χ0) is 13.9. The van der Waals surface area contributed by atoms with Crippen LogP contribution in [0.5, 0.6) is 0 Å². The number of rotatable bonds is 11. The minimum absolute atomic E-state index is 0. The van der Waals surface area contributed by atoms with Gasteiger partial charge in [-0.1, -0.05) is 58.3 Å². The van der Waals surface area contributed by atoms with Crippen LogP contribution in [0.4, 0.5) is 0 Å². The SMILES string of the molecule is CCCCCCCCCCCC(=O)OS(N)(=O)=O.[H-].[Na+]. The van der Waals surface area contributed by atoms with Gasteiger partial charge in [0.1, 0.15) is 0 Å². The average Bonchev–Trinajstić information content (AvgIpc) is 2.24. The second kappa shape index (κ2) is 13.4. The van der Waals surface area contributed by atoms with E-state index in [9.17, 15) is 13.2 Å². The van der Waals surface area contributed by atoms with E-state index in [0.29, 0.717) is 6.42 Å². The third kappa shape index (κ3) is 18.4. The predicted octanol–water partition coefficient (Wildman–Crippen LogP) is -0.229. The Morgan fingerprint density at radius 3 is 1.84 bits per heavy atom. The Balaban J connectivity index is -0.00000144. The van der Waals surface area contributed by atoms with Crippen molar-refractivity contribution in [3.63, 3.8) is 0 Å². The number of hydrogen-bond acceptors (Lipinski definition) is 4. The molecule has 0 aliphatic heterocycles. The van der Waals surface area contributed by atoms with Crippen molar-refractivity contribution in [2.75, 3.05) is 0 Å². The van der Waals surface area contributed by atoms with Crippen LogP contribution in [-0.2, 0) is 19.3 Å². The fourth-order valence-electron chi connectivity index (χ4n) is 1.75. The molecule has 0 rings (SSSR count). The van der Waals surface area contributed by atoms with Crippen molar-refractivity contribution >= 4 is 16.3 Å². The molecule has 0 aromatic rings. The zero-order valence-corrected chi connectivity index (χ0v) is 15.0. The van der Waals surface area contributed by atoms with Crippen LogP contribution >= 0.6 is 0 Å². The van der Waals surface area contributed by atoms with Crippen molar-refractivity contribution in [1.29, 1.82) is 0 Å². The minimum Gasteiger partial charge on any atom is -1.00 e. The van der Waals surface area contributed by atoms with E-state index < -0.39 is 16.3 Å². The molecule has 0 spiro atoms. The Labute approximate surface area is 140 Å². The maximum atomic E-state index is 11.0. The molecule has 0 aromatic carbocycles. The van der Waals surface area contributed by atoms with Crippen molar-refractivity contribution in [3.05, 3.63) is 0 Å². The van der Waals surface area contributed by atoms with E-state index in [4.69, 9.17) is 0 Å². The molecule has 0 unspecified atom stereocenters. The van der Waals surface area contributed by atoms with Crippen LogP contribution in [0, 0.1) is 0 Å². The summed E-state index contributed by atoms with van der Waals surface area (Å²) in [4.78, 5) is 11.0. The van der Waals surface area contributed by atoms with Crippen LogP contribution < -0.4 is 34.7 Å². The van der Waals surface area contributed by atoms with E-state index in [1.54, 1.807) is 0 Å². The van der Waals surface area contributed by atoms with Gasteiger partial charge in [-0.15, -0.1) is 0 Å². The molecule has 19 heavy (non-hydrogen) atoms. The first-order chi connectivity index (χ1) is 8.45. The zero-order valence-electron chi connectivity index (χ0n) is 13.2. The van der Waals surface area contributed by atoms with E-state index in [-0.39, 0.29) is 37.4 Å². The smallest absolute Gasteiger partial charge is 1.00 e. The first-order valence-electron chi connectivity index (χ1n) is 6.70. The molecule has 5 nitrogen and oxygen atoms in total. The molecule has 0 aliphatic carbocycles. The van der Waals surface area contributed by atoms with Crippen molar-refractivity contribution in [3.8, 4) is 0 Å². The van der Waals surface area contributed by atoms with Gasteiger partial charge in [-0.25, -0.2) is 0 Å². The van der Waals surface area contributed by atoms with Gasteiger partial charge in [0, 0.05) is 6.42 Å². The molecule has 0 aromatic heterocycles. The van der Waals surface area contributed by atoms with Gasteiger partial charge in [0.05, 0.1) is 0 Å². The normalized spacial score (nSPS) is 10.8. The van der Waals surface area contributed by atoms with E-state index >= 15 is 0 Å². The summed E-state index contributed by atoms with van der Waals surface area (Å²) >= 11 is 0. The van der Waals surface area contributed by atoms with Gasteiger partial charge in [-0.3, -0.25) is 4.79 Å². The van der Waals surface area contributed by atoms with Gasteiger partial charge in [0.25, 0.3) is 0 Å². The Bertz CT molecular complexity index is 325. The van der Waals surface area contributed by atoms with E-state index in [0.717, 1.165) is 12.8 Å². The molecular weight excluding hydrogens is 277 g/mol. The molecule has 0 aliphatic rings. The van der Waals surface area contributed by atoms with Crippen LogP contribution in [0.3, 0.4) is 0 Å². The third-order valence-corrected chi connectivity index (χ3v) is 3.11. The molecule has 110 valence electrons. The largest absolute Gasteiger partial charge is 1.00 e. The Morgan fingerprint density at radius 2 is 1.42 bits per heavy atom. The van der Waals surface area contributed by atoms with Crippen LogP contribution in [-0.4, -0.2) is 14.4 Å².